The maximum atomic E-state index is 11.7. The van der Waals surface area contributed by atoms with Gasteiger partial charge in [-0.2, -0.15) is 0 Å². The molecule has 0 spiro atoms. The fraction of sp³-hybridized carbons (Fsp3) is 0.591. The molecule has 0 fully saturated rings. The zero-order chi connectivity index (χ0) is 19.4. The van der Waals surface area contributed by atoms with Crippen LogP contribution in [0.3, 0.4) is 0 Å². The highest BCUT2D eigenvalue weighted by Gasteiger charge is 2.22. The van der Waals surface area contributed by atoms with Crippen LogP contribution in [0.1, 0.15) is 71.6 Å². The van der Waals surface area contributed by atoms with Gasteiger partial charge >= 0.3 is 5.97 Å². The van der Waals surface area contributed by atoms with Crippen LogP contribution in [0, 0.1) is 0 Å². The van der Waals surface area contributed by atoms with E-state index in [1.54, 1.807) is 0 Å². The van der Waals surface area contributed by atoms with Crippen molar-refractivity contribution in [2.24, 2.45) is 0 Å². The Morgan fingerprint density at radius 3 is 2.73 bits per heavy atom. The summed E-state index contributed by atoms with van der Waals surface area (Å²) in [6, 6.07) is 0. The summed E-state index contributed by atoms with van der Waals surface area (Å²) in [4.78, 5) is 22.8. The third kappa shape index (κ3) is 7.99. The fourth-order valence-electron chi connectivity index (χ4n) is 3.02. The smallest absolute Gasteiger partial charge is 0.342 e. The third-order valence-corrected chi connectivity index (χ3v) is 4.56. The first-order valence-corrected chi connectivity index (χ1v) is 9.59. The van der Waals surface area contributed by atoms with Crippen molar-refractivity contribution in [3.8, 4) is 0 Å². The molecule has 1 rings (SSSR count). The highest BCUT2D eigenvalue weighted by Crippen LogP contribution is 2.31. The molecule has 0 bridgehead atoms. The lowest BCUT2D eigenvalue weighted by molar-refractivity contribution is -0.153. The van der Waals surface area contributed by atoms with E-state index >= 15 is 0 Å². The summed E-state index contributed by atoms with van der Waals surface area (Å²) in [5.74, 6) is -1.65. The van der Waals surface area contributed by atoms with Crippen LogP contribution in [0.2, 0.25) is 0 Å². The molecule has 0 saturated heterocycles. The predicted octanol–water partition coefficient (Wildman–Crippen LogP) is 4.59. The number of aliphatic hydroxyl groups excluding tert-OH is 1. The minimum Gasteiger partial charge on any atom is -0.467 e. The first kappa shape index (κ1) is 22.1. The van der Waals surface area contributed by atoms with Crippen LogP contribution in [-0.4, -0.2) is 30.1 Å². The summed E-state index contributed by atoms with van der Waals surface area (Å²) in [5, 5.41) is 9.48. The Balaban J connectivity index is 2.63. The van der Waals surface area contributed by atoms with Crippen molar-refractivity contribution in [2.45, 2.75) is 77.7 Å². The zero-order valence-corrected chi connectivity index (χ0v) is 16.3. The number of unbranched alkanes of at least 4 members (excludes halogenated alkanes) is 4. The monoisotopic (exact) mass is 360 g/mol. The van der Waals surface area contributed by atoms with Gasteiger partial charge in [-0.3, -0.25) is 4.79 Å². The van der Waals surface area contributed by atoms with Gasteiger partial charge in [0.1, 0.15) is 0 Å². The predicted molar refractivity (Wildman–Crippen MR) is 104 cm³/mol. The summed E-state index contributed by atoms with van der Waals surface area (Å²) in [6.45, 7) is 4.13. The van der Waals surface area contributed by atoms with Crippen molar-refractivity contribution in [1.29, 1.82) is 0 Å². The van der Waals surface area contributed by atoms with Crippen molar-refractivity contribution in [1.82, 2.24) is 0 Å². The lowest BCUT2D eigenvalue weighted by Gasteiger charge is -2.04. The van der Waals surface area contributed by atoms with Crippen molar-refractivity contribution in [2.75, 3.05) is 7.11 Å². The number of carbonyl (C=O) groups excluding carboxylic acids is 2. The van der Waals surface area contributed by atoms with E-state index in [-0.39, 0.29) is 0 Å². The second-order valence-electron chi connectivity index (χ2n) is 6.81. The quantitative estimate of drug-likeness (QED) is 0.192. The minimum atomic E-state index is -1.77. The van der Waals surface area contributed by atoms with Crippen molar-refractivity contribution in [3.63, 3.8) is 0 Å². The average Bonchev–Trinajstić information content (AvgIpc) is 3.08. The maximum Gasteiger partial charge on any atom is 0.342 e. The first-order valence-electron chi connectivity index (χ1n) is 9.59. The number of ether oxygens (including phenoxy) is 1. The Hall–Kier alpha value is -1.90. The first-order chi connectivity index (χ1) is 12.5. The molecule has 0 aliphatic heterocycles. The van der Waals surface area contributed by atoms with Gasteiger partial charge in [0, 0.05) is 6.08 Å². The van der Waals surface area contributed by atoms with Gasteiger partial charge in [-0.1, -0.05) is 43.9 Å². The van der Waals surface area contributed by atoms with Crippen LogP contribution in [0.5, 0.6) is 0 Å². The van der Waals surface area contributed by atoms with Crippen LogP contribution >= 0.6 is 0 Å². The molecule has 4 nitrogen and oxygen atoms in total. The molecule has 0 aromatic carbocycles. The molecule has 1 aliphatic carbocycles. The van der Waals surface area contributed by atoms with E-state index in [0.29, 0.717) is 0 Å². The summed E-state index contributed by atoms with van der Waals surface area (Å²) in [5.41, 5.74) is 6.62. The molecule has 1 aliphatic rings. The molecule has 0 saturated carbocycles. The van der Waals surface area contributed by atoms with Crippen LogP contribution in [0.15, 0.2) is 40.7 Å². The van der Waals surface area contributed by atoms with Gasteiger partial charge < -0.3 is 9.84 Å². The van der Waals surface area contributed by atoms with Crippen LogP contribution in [0.4, 0.5) is 0 Å². The molecule has 26 heavy (non-hydrogen) atoms. The molecule has 0 heterocycles. The number of carbonyl (C=O) groups is 2. The van der Waals surface area contributed by atoms with E-state index in [1.165, 1.54) is 43.3 Å². The number of aliphatic hydroxyl groups is 1. The third-order valence-electron chi connectivity index (χ3n) is 4.56. The standard InChI is InChI=1S/C22H32O4/c1-4-5-6-7-8-9-11-18-12-10-13-19(18)16-17(2)14-15-20(23)21(24)22(25)26-3/h9,11,15,21,24H,4-8,10,12-13,16H2,1-3H3/t14?,21-/m0/s1. The Kier molecular flexibility index (Phi) is 10.6. The van der Waals surface area contributed by atoms with Gasteiger partial charge in [0.25, 0.3) is 0 Å². The number of methoxy groups -OCH3 is 1. The van der Waals surface area contributed by atoms with Gasteiger partial charge in [0.15, 0.2) is 0 Å². The molecular formula is C22H32O4. The van der Waals surface area contributed by atoms with E-state index in [1.807, 2.05) is 6.92 Å². The largest absolute Gasteiger partial charge is 0.467 e. The molecule has 0 aromatic rings. The normalized spacial score (nSPS) is 15.1. The Morgan fingerprint density at radius 1 is 1.27 bits per heavy atom. The molecule has 0 amide bonds. The summed E-state index contributed by atoms with van der Waals surface area (Å²) in [6.07, 6.45) is 14.3. The highest BCUT2D eigenvalue weighted by molar-refractivity contribution is 6.07. The SMILES string of the molecule is CCCCCCC=CC1=C(CC(C)=C=CC(=O)[C@H](O)C(=O)OC)CCC1. The Bertz CT molecular complexity index is 604. The average molecular weight is 360 g/mol. The van der Waals surface area contributed by atoms with Gasteiger partial charge in [0.05, 0.1) is 7.11 Å². The van der Waals surface area contributed by atoms with E-state index in [4.69, 9.17) is 0 Å². The number of rotatable bonds is 11. The van der Waals surface area contributed by atoms with E-state index in [9.17, 15) is 14.7 Å². The van der Waals surface area contributed by atoms with Gasteiger partial charge in [-0.25, -0.2) is 4.79 Å². The lowest BCUT2D eigenvalue weighted by Crippen LogP contribution is -2.29. The summed E-state index contributed by atoms with van der Waals surface area (Å²) < 4.78 is 4.35. The molecular weight excluding hydrogens is 328 g/mol. The minimum absolute atomic E-state index is 0.705. The molecule has 1 N–H and O–H groups in total. The van der Waals surface area contributed by atoms with E-state index in [2.05, 4.69) is 29.5 Å². The second kappa shape index (κ2) is 12.5. The molecule has 144 valence electrons. The number of esters is 1. The molecule has 1 atom stereocenters. The molecule has 0 radical (unpaired) electrons. The summed E-state index contributed by atoms with van der Waals surface area (Å²) >= 11 is 0. The molecule has 4 heteroatoms. The topological polar surface area (TPSA) is 63.6 Å². The zero-order valence-electron chi connectivity index (χ0n) is 16.3. The number of hydrogen-bond donors (Lipinski definition) is 1. The van der Waals surface area contributed by atoms with Gasteiger partial charge in [-0.05, 0) is 56.6 Å². The van der Waals surface area contributed by atoms with Crippen LogP contribution in [0.25, 0.3) is 0 Å². The van der Waals surface area contributed by atoms with Crippen LogP contribution in [-0.2, 0) is 14.3 Å². The maximum absolute atomic E-state index is 11.7. The van der Waals surface area contributed by atoms with Gasteiger partial charge in [0.2, 0.25) is 11.9 Å². The number of allylic oxidation sites excluding steroid dienone is 4. The second-order valence-corrected chi connectivity index (χ2v) is 6.81. The lowest BCUT2D eigenvalue weighted by atomic mass is 10.0. The molecule has 0 aromatic heterocycles. The Morgan fingerprint density at radius 2 is 2.04 bits per heavy atom. The summed E-state index contributed by atoms with van der Waals surface area (Å²) in [7, 11) is 1.13. The number of ketones is 1. The Labute approximate surface area is 157 Å². The molecule has 0 unspecified atom stereocenters. The van der Waals surface area contributed by atoms with Crippen molar-refractivity contribution in [3.05, 3.63) is 40.7 Å². The number of hydrogen-bond acceptors (Lipinski definition) is 4. The van der Waals surface area contributed by atoms with Crippen LogP contribution < -0.4 is 0 Å². The highest BCUT2D eigenvalue weighted by atomic mass is 16.5. The fourth-order valence-corrected chi connectivity index (χ4v) is 3.02. The van der Waals surface area contributed by atoms with Crippen molar-refractivity contribution >= 4 is 11.8 Å². The van der Waals surface area contributed by atoms with Gasteiger partial charge in [-0.15, -0.1) is 5.73 Å². The van der Waals surface area contributed by atoms with E-state index in [0.717, 1.165) is 44.4 Å². The van der Waals surface area contributed by atoms with Crippen molar-refractivity contribution < 1.29 is 19.4 Å². The van der Waals surface area contributed by atoms with E-state index < -0.39 is 17.9 Å².